The minimum Gasteiger partial charge on any atom is -0.497 e. The fourth-order valence-electron chi connectivity index (χ4n) is 3.40. The molecule has 0 spiro atoms. The number of methoxy groups -OCH3 is 1. The molecule has 1 aliphatic rings. The lowest BCUT2D eigenvalue weighted by Gasteiger charge is -2.25. The van der Waals surface area contributed by atoms with Crippen LogP contribution in [0.4, 0.5) is 10.5 Å². The van der Waals surface area contributed by atoms with Crippen LogP contribution in [0.3, 0.4) is 0 Å². The third-order valence-electron chi connectivity index (χ3n) is 4.76. The summed E-state index contributed by atoms with van der Waals surface area (Å²) in [6, 6.07) is 15.1. The number of nitrogens with zero attached hydrogens (tertiary/aromatic N) is 1. The number of carbonyl (C=O) groups is 2. The first-order chi connectivity index (χ1) is 12.6. The van der Waals surface area contributed by atoms with E-state index in [2.05, 4.69) is 11.4 Å². The second kappa shape index (κ2) is 8.04. The number of ether oxygens (including phenoxy) is 1. The van der Waals surface area contributed by atoms with Crippen LogP contribution >= 0.6 is 0 Å². The lowest BCUT2D eigenvalue weighted by atomic mass is 10.0. The van der Waals surface area contributed by atoms with Crippen molar-refractivity contribution < 1.29 is 14.3 Å². The maximum atomic E-state index is 12.7. The van der Waals surface area contributed by atoms with Crippen LogP contribution in [0.15, 0.2) is 48.5 Å². The molecule has 2 aromatic carbocycles. The van der Waals surface area contributed by atoms with Gasteiger partial charge < -0.3 is 15.0 Å². The van der Waals surface area contributed by atoms with E-state index in [1.807, 2.05) is 23.1 Å². The molecule has 2 aromatic rings. The quantitative estimate of drug-likeness (QED) is 0.823. The highest BCUT2D eigenvalue weighted by molar-refractivity contribution is 5.96. The number of Topliss-reactive ketones (excluding diaryl/α,β-unsaturated/α-hetero) is 1. The van der Waals surface area contributed by atoms with Gasteiger partial charge in [-0.25, -0.2) is 4.79 Å². The summed E-state index contributed by atoms with van der Waals surface area (Å²) >= 11 is 0. The van der Waals surface area contributed by atoms with Gasteiger partial charge in [-0.15, -0.1) is 0 Å². The average molecular weight is 352 g/mol. The van der Waals surface area contributed by atoms with E-state index in [4.69, 9.17) is 4.74 Å². The summed E-state index contributed by atoms with van der Waals surface area (Å²) < 4.78 is 5.28. The van der Waals surface area contributed by atoms with E-state index in [0.29, 0.717) is 11.3 Å². The molecule has 5 heteroatoms. The summed E-state index contributed by atoms with van der Waals surface area (Å²) in [5.74, 6) is 0.815. The molecule has 1 heterocycles. The third-order valence-corrected chi connectivity index (χ3v) is 4.76. The van der Waals surface area contributed by atoms with E-state index < -0.39 is 0 Å². The number of benzene rings is 2. The lowest BCUT2D eigenvalue weighted by Crippen LogP contribution is -2.39. The molecule has 0 saturated carbocycles. The zero-order valence-corrected chi connectivity index (χ0v) is 15.2. The molecule has 1 saturated heterocycles. The number of likely N-dealkylation sites (tertiary alicyclic amines) is 1. The van der Waals surface area contributed by atoms with Gasteiger partial charge in [0.2, 0.25) is 0 Å². The molecule has 0 aromatic heterocycles. The van der Waals surface area contributed by atoms with Crippen molar-refractivity contribution in [1.82, 2.24) is 4.90 Å². The zero-order valence-electron chi connectivity index (χ0n) is 15.2. The number of anilines is 1. The van der Waals surface area contributed by atoms with Gasteiger partial charge >= 0.3 is 6.03 Å². The first kappa shape index (κ1) is 18.0. The molecule has 0 bridgehead atoms. The summed E-state index contributed by atoms with van der Waals surface area (Å²) in [5, 5.41) is 2.93. The van der Waals surface area contributed by atoms with Crippen molar-refractivity contribution in [3.63, 3.8) is 0 Å². The Hall–Kier alpha value is -2.82. The second-order valence-corrected chi connectivity index (χ2v) is 6.61. The SMILES string of the molecule is COc1cccc(C[C@H]2CCCN2C(=O)Nc2cccc(C(C)=O)c2)c1. The molecule has 136 valence electrons. The van der Waals surface area contributed by atoms with Crippen LogP contribution in [0.1, 0.15) is 35.7 Å². The fourth-order valence-corrected chi connectivity index (χ4v) is 3.40. The van der Waals surface area contributed by atoms with Crippen molar-refractivity contribution >= 4 is 17.5 Å². The molecular weight excluding hydrogens is 328 g/mol. The summed E-state index contributed by atoms with van der Waals surface area (Å²) in [5.41, 5.74) is 2.40. The number of carbonyl (C=O) groups excluding carboxylic acids is 2. The highest BCUT2D eigenvalue weighted by Gasteiger charge is 2.29. The standard InChI is InChI=1S/C21H24N2O3/c1-15(24)17-7-4-8-18(14-17)22-21(25)23-11-5-9-19(23)12-16-6-3-10-20(13-16)26-2/h3-4,6-8,10,13-14,19H,5,9,11-12H2,1-2H3,(H,22,25)/t19-/m1/s1. The van der Waals surface area contributed by atoms with Crippen LogP contribution in [0.25, 0.3) is 0 Å². The first-order valence-corrected chi connectivity index (χ1v) is 8.88. The Kier molecular flexibility index (Phi) is 5.56. The van der Waals surface area contributed by atoms with Crippen molar-refractivity contribution in [3.05, 3.63) is 59.7 Å². The lowest BCUT2D eigenvalue weighted by molar-refractivity contribution is 0.101. The summed E-state index contributed by atoms with van der Waals surface area (Å²) in [6.07, 6.45) is 2.78. The molecule has 26 heavy (non-hydrogen) atoms. The fraction of sp³-hybridized carbons (Fsp3) is 0.333. The van der Waals surface area contributed by atoms with Crippen LogP contribution in [0.2, 0.25) is 0 Å². The number of hydrogen-bond donors (Lipinski definition) is 1. The zero-order chi connectivity index (χ0) is 18.5. The van der Waals surface area contributed by atoms with Gasteiger partial charge in [0.15, 0.2) is 5.78 Å². The van der Waals surface area contributed by atoms with Gasteiger partial charge in [0.25, 0.3) is 0 Å². The molecule has 3 rings (SSSR count). The molecule has 0 aliphatic carbocycles. The molecule has 1 fully saturated rings. The van der Waals surface area contributed by atoms with Crippen molar-refractivity contribution in [2.24, 2.45) is 0 Å². The summed E-state index contributed by atoms with van der Waals surface area (Å²) in [4.78, 5) is 26.1. The Morgan fingerprint density at radius 1 is 1.19 bits per heavy atom. The molecule has 5 nitrogen and oxygen atoms in total. The number of urea groups is 1. The van der Waals surface area contributed by atoms with Crippen molar-refractivity contribution in [2.75, 3.05) is 19.0 Å². The molecule has 1 aliphatic heterocycles. The predicted octanol–water partition coefficient (Wildman–Crippen LogP) is 4.14. The van der Waals surface area contributed by atoms with Gasteiger partial charge in [-0.3, -0.25) is 4.79 Å². The van der Waals surface area contributed by atoms with Gasteiger partial charge in [0.1, 0.15) is 5.75 Å². The maximum absolute atomic E-state index is 12.7. The molecule has 1 N–H and O–H groups in total. The van der Waals surface area contributed by atoms with Crippen LogP contribution in [0, 0.1) is 0 Å². The molecule has 2 amide bonds. The van der Waals surface area contributed by atoms with E-state index >= 15 is 0 Å². The largest absolute Gasteiger partial charge is 0.497 e. The summed E-state index contributed by atoms with van der Waals surface area (Å²) in [7, 11) is 1.66. The number of ketones is 1. The highest BCUT2D eigenvalue weighted by Crippen LogP contribution is 2.24. The van der Waals surface area contributed by atoms with Gasteiger partial charge in [0, 0.05) is 23.8 Å². The van der Waals surface area contributed by atoms with E-state index in [1.165, 1.54) is 6.92 Å². The van der Waals surface area contributed by atoms with E-state index in [1.54, 1.807) is 31.4 Å². The van der Waals surface area contributed by atoms with E-state index in [0.717, 1.165) is 37.1 Å². The van der Waals surface area contributed by atoms with Gasteiger partial charge in [-0.05, 0) is 56.0 Å². The summed E-state index contributed by atoms with van der Waals surface area (Å²) in [6.45, 7) is 2.26. The van der Waals surface area contributed by atoms with Crippen molar-refractivity contribution in [3.8, 4) is 5.75 Å². The average Bonchev–Trinajstić information content (AvgIpc) is 3.10. The van der Waals surface area contributed by atoms with Gasteiger partial charge in [-0.2, -0.15) is 0 Å². The van der Waals surface area contributed by atoms with Crippen molar-refractivity contribution in [2.45, 2.75) is 32.2 Å². The smallest absolute Gasteiger partial charge is 0.322 e. The number of rotatable bonds is 5. The van der Waals surface area contributed by atoms with Crippen LogP contribution in [0.5, 0.6) is 5.75 Å². The van der Waals surface area contributed by atoms with Crippen LogP contribution < -0.4 is 10.1 Å². The van der Waals surface area contributed by atoms with Gasteiger partial charge in [0.05, 0.1) is 7.11 Å². The Balaban J connectivity index is 1.68. The first-order valence-electron chi connectivity index (χ1n) is 8.88. The Bertz CT molecular complexity index is 803. The van der Waals surface area contributed by atoms with Gasteiger partial charge in [-0.1, -0.05) is 24.3 Å². The topological polar surface area (TPSA) is 58.6 Å². The normalized spacial score (nSPS) is 16.4. The minimum absolute atomic E-state index is 0.0156. The van der Waals surface area contributed by atoms with Crippen LogP contribution in [-0.2, 0) is 6.42 Å². The Labute approximate surface area is 154 Å². The maximum Gasteiger partial charge on any atom is 0.322 e. The number of nitrogens with one attached hydrogen (secondary N) is 1. The second-order valence-electron chi connectivity index (χ2n) is 6.61. The molecule has 0 radical (unpaired) electrons. The third kappa shape index (κ3) is 4.23. The number of amides is 2. The van der Waals surface area contributed by atoms with E-state index in [9.17, 15) is 9.59 Å². The molecular formula is C21H24N2O3. The predicted molar refractivity (Wildman–Crippen MR) is 102 cm³/mol. The Morgan fingerprint density at radius 3 is 2.77 bits per heavy atom. The molecule has 1 atom stereocenters. The van der Waals surface area contributed by atoms with E-state index in [-0.39, 0.29) is 17.9 Å². The van der Waals surface area contributed by atoms with Crippen LogP contribution in [-0.4, -0.2) is 36.4 Å². The highest BCUT2D eigenvalue weighted by atomic mass is 16.5. The monoisotopic (exact) mass is 352 g/mol. The Morgan fingerprint density at radius 2 is 2.00 bits per heavy atom. The number of hydrogen-bond acceptors (Lipinski definition) is 3. The minimum atomic E-state index is -0.115. The van der Waals surface area contributed by atoms with Crippen molar-refractivity contribution in [1.29, 1.82) is 0 Å². The molecule has 0 unspecified atom stereocenters.